The second kappa shape index (κ2) is 12.7. The van der Waals surface area contributed by atoms with Crippen molar-refractivity contribution < 1.29 is 4.79 Å². The van der Waals surface area contributed by atoms with E-state index in [0.717, 1.165) is 34.5 Å². The third-order valence-corrected chi connectivity index (χ3v) is 7.59. The minimum absolute atomic E-state index is 0.0954. The van der Waals surface area contributed by atoms with Crippen molar-refractivity contribution in [3.63, 3.8) is 0 Å². The predicted octanol–water partition coefficient (Wildman–Crippen LogP) is 6.23. The molecule has 2 aromatic carbocycles. The lowest BCUT2D eigenvalue weighted by atomic mass is 10.1. The predicted molar refractivity (Wildman–Crippen MR) is 143 cm³/mol. The molecule has 8 heteroatoms. The molecule has 2 aromatic heterocycles. The van der Waals surface area contributed by atoms with E-state index in [2.05, 4.69) is 75.3 Å². The van der Waals surface area contributed by atoms with Gasteiger partial charge in [0.1, 0.15) is 16.5 Å². The maximum absolute atomic E-state index is 12.4. The average molecular weight is 506 g/mol. The Hall–Kier alpha value is -2.97. The van der Waals surface area contributed by atoms with Crippen LogP contribution in [0.1, 0.15) is 65.1 Å². The molecule has 0 unspecified atom stereocenters. The number of carbonyl (C=O) groups excluding carboxylic acids is 1. The van der Waals surface area contributed by atoms with Gasteiger partial charge in [-0.25, -0.2) is 4.98 Å². The Morgan fingerprint density at radius 1 is 1.03 bits per heavy atom. The van der Waals surface area contributed by atoms with Crippen LogP contribution in [0, 0.1) is 6.92 Å². The average Bonchev–Trinajstić information content (AvgIpc) is 3.51. The number of hydrogen-bond acceptors (Lipinski definition) is 6. The highest BCUT2D eigenvalue weighted by molar-refractivity contribution is 7.98. The number of hydrogen-bond donors (Lipinski definition) is 1. The maximum atomic E-state index is 12.4. The Balaban J connectivity index is 1.45. The van der Waals surface area contributed by atoms with Crippen LogP contribution in [-0.2, 0) is 12.2 Å². The van der Waals surface area contributed by atoms with Crippen LogP contribution in [0.25, 0.3) is 5.69 Å². The first-order valence-corrected chi connectivity index (χ1v) is 13.9. The lowest BCUT2D eigenvalue weighted by molar-refractivity contribution is 0.0948. The number of thioether (sulfide) groups is 1. The summed E-state index contributed by atoms with van der Waals surface area (Å²) in [5.41, 5.74) is 3.93. The van der Waals surface area contributed by atoms with Gasteiger partial charge in [0, 0.05) is 24.0 Å². The molecule has 0 bridgehead atoms. The summed E-state index contributed by atoms with van der Waals surface area (Å²) in [5, 5.41) is 15.6. The Morgan fingerprint density at radius 2 is 1.83 bits per heavy atom. The van der Waals surface area contributed by atoms with Crippen LogP contribution in [0.5, 0.6) is 0 Å². The first-order chi connectivity index (χ1) is 17.1. The highest BCUT2D eigenvalue weighted by Gasteiger charge is 2.17. The third kappa shape index (κ3) is 7.02. The van der Waals surface area contributed by atoms with Gasteiger partial charge in [0.2, 0.25) is 0 Å². The lowest BCUT2D eigenvalue weighted by Gasteiger charge is -2.10. The monoisotopic (exact) mass is 505 g/mol. The first-order valence-electron chi connectivity index (χ1n) is 12.0. The molecule has 0 atom stereocenters. The molecule has 0 radical (unpaired) electrons. The lowest BCUT2D eigenvalue weighted by Crippen LogP contribution is -2.24. The molecular formula is C27H31N5OS2. The third-order valence-electron chi connectivity index (χ3n) is 5.62. The quantitative estimate of drug-likeness (QED) is 0.183. The molecule has 0 aliphatic rings. The number of rotatable bonds is 12. The zero-order valence-corrected chi connectivity index (χ0v) is 21.9. The number of amides is 1. The summed E-state index contributed by atoms with van der Waals surface area (Å²) >= 11 is 3.10. The highest BCUT2D eigenvalue weighted by Crippen LogP contribution is 2.27. The van der Waals surface area contributed by atoms with Gasteiger partial charge in [0.05, 0.1) is 5.75 Å². The van der Waals surface area contributed by atoms with Gasteiger partial charge in [-0.15, -0.1) is 21.5 Å². The molecule has 1 N–H and O–H groups in total. The Bertz CT molecular complexity index is 1220. The van der Waals surface area contributed by atoms with E-state index in [-0.39, 0.29) is 5.91 Å². The maximum Gasteiger partial charge on any atom is 0.270 e. The van der Waals surface area contributed by atoms with Crippen LogP contribution in [0.3, 0.4) is 0 Å². The van der Waals surface area contributed by atoms with Gasteiger partial charge in [0.25, 0.3) is 5.91 Å². The summed E-state index contributed by atoms with van der Waals surface area (Å²) in [5.74, 6) is 1.43. The molecule has 35 heavy (non-hydrogen) atoms. The van der Waals surface area contributed by atoms with Gasteiger partial charge in [-0.2, -0.15) is 0 Å². The van der Waals surface area contributed by atoms with E-state index in [0.29, 0.717) is 24.4 Å². The molecule has 0 aliphatic heterocycles. The first kappa shape index (κ1) is 25.1. The van der Waals surface area contributed by atoms with Crippen molar-refractivity contribution in [1.82, 2.24) is 25.1 Å². The SMILES string of the molecule is CCCCCCNC(=O)c1csc(CSc2nnc(Cc3ccccc3)n2-c2ccc(C)cc2)n1. The summed E-state index contributed by atoms with van der Waals surface area (Å²) < 4.78 is 2.12. The Labute approximate surface area is 215 Å². The van der Waals surface area contributed by atoms with Crippen molar-refractivity contribution in [2.75, 3.05) is 6.54 Å². The van der Waals surface area contributed by atoms with Crippen LogP contribution in [0.4, 0.5) is 0 Å². The van der Waals surface area contributed by atoms with Gasteiger partial charge in [-0.3, -0.25) is 9.36 Å². The molecule has 0 fully saturated rings. The van der Waals surface area contributed by atoms with Crippen molar-refractivity contribution in [1.29, 1.82) is 0 Å². The number of nitrogens with zero attached hydrogens (tertiary/aromatic N) is 4. The van der Waals surface area contributed by atoms with Crippen molar-refractivity contribution >= 4 is 29.0 Å². The highest BCUT2D eigenvalue weighted by atomic mass is 32.2. The zero-order chi connectivity index (χ0) is 24.5. The van der Waals surface area contributed by atoms with Crippen molar-refractivity contribution in [2.45, 2.75) is 56.9 Å². The number of carbonyl (C=O) groups is 1. The largest absolute Gasteiger partial charge is 0.351 e. The molecular weight excluding hydrogens is 474 g/mol. The standard InChI is InChI=1S/C27H31N5OS2/c1-3-4-5-9-16-28-26(33)23-18-34-25(29-23)19-35-27-31-30-24(17-21-10-7-6-8-11-21)32(27)22-14-12-20(2)13-15-22/h6-8,10-15,18H,3-5,9,16-17,19H2,1-2H3,(H,28,33). The topological polar surface area (TPSA) is 72.7 Å². The van der Waals surface area contributed by atoms with Gasteiger partial charge in [-0.05, 0) is 31.0 Å². The molecule has 4 rings (SSSR count). The van der Waals surface area contributed by atoms with Gasteiger partial charge < -0.3 is 5.32 Å². The summed E-state index contributed by atoms with van der Waals surface area (Å²) in [6.07, 6.45) is 5.23. The molecule has 0 saturated heterocycles. The van der Waals surface area contributed by atoms with E-state index in [1.165, 1.54) is 35.3 Å². The van der Waals surface area contributed by atoms with Gasteiger partial charge >= 0.3 is 0 Å². The molecule has 6 nitrogen and oxygen atoms in total. The van der Waals surface area contributed by atoms with Crippen molar-refractivity contribution in [3.8, 4) is 5.69 Å². The summed E-state index contributed by atoms with van der Waals surface area (Å²) in [4.78, 5) is 17.0. The van der Waals surface area contributed by atoms with Crippen LogP contribution in [0.2, 0.25) is 0 Å². The number of unbranched alkanes of at least 4 members (excludes halogenated alkanes) is 3. The summed E-state index contributed by atoms with van der Waals surface area (Å²) in [6, 6.07) is 18.7. The Kier molecular flexibility index (Phi) is 9.08. The van der Waals surface area contributed by atoms with Crippen LogP contribution in [-0.4, -0.2) is 32.2 Å². The molecule has 0 saturated carbocycles. The van der Waals surface area contributed by atoms with E-state index in [1.807, 2.05) is 23.6 Å². The van der Waals surface area contributed by atoms with Crippen LogP contribution >= 0.6 is 23.1 Å². The molecule has 1 amide bonds. The van der Waals surface area contributed by atoms with Gasteiger partial charge in [0.15, 0.2) is 5.16 Å². The fraction of sp³-hybridized carbons (Fsp3) is 0.333. The second-order valence-electron chi connectivity index (χ2n) is 8.46. The van der Waals surface area contributed by atoms with E-state index in [1.54, 1.807) is 11.8 Å². The molecule has 182 valence electrons. The molecule has 0 spiro atoms. The normalized spacial score (nSPS) is 11.0. The number of aromatic nitrogens is 4. The van der Waals surface area contributed by atoms with E-state index < -0.39 is 0 Å². The number of nitrogens with one attached hydrogen (secondary N) is 1. The Morgan fingerprint density at radius 3 is 2.60 bits per heavy atom. The van der Waals surface area contributed by atoms with Gasteiger partial charge in [-0.1, -0.05) is 86.0 Å². The van der Waals surface area contributed by atoms with E-state index in [9.17, 15) is 4.79 Å². The van der Waals surface area contributed by atoms with Crippen LogP contribution in [0.15, 0.2) is 65.1 Å². The summed E-state index contributed by atoms with van der Waals surface area (Å²) in [6.45, 7) is 4.96. The number of thiazole rings is 1. The number of benzene rings is 2. The smallest absolute Gasteiger partial charge is 0.270 e. The van der Waals surface area contributed by atoms with Crippen molar-refractivity contribution in [2.24, 2.45) is 0 Å². The van der Waals surface area contributed by atoms with E-state index in [4.69, 9.17) is 0 Å². The zero-order valence-electron chi connectivity index (χ0n) is 20.2. The summed E-state index contributed by atoms with van der Waals surface area (Å²) in [7, 11) is 0. The van der Waals surface area contributed by atoms with Crippen molar-refractivity contribution in [3.05, 3.63) is 87.6 Å². The van der Waals surface area contributed by atoms with E-state index >= 15 is 0 Å². The second-order valence-corrected chi connectivity index (χ2v) is 10.3. The molecule has 2 heterocycles. The fourth-order valence-corrected chi connectivity index (χ4v) is 5.45. The molecule has 4 aromatic rings. The minimum Gasteiger partial charge on any atom is -0.351 e. The molecule has 0 aliphatic carbocycles. The minimum atomic E-state index is -0.0954. The number of aryl methyl sites for hydroxylation is 1. The fourth-order valence-electron chi connectivity index (χ4n) is 3.69. The van der Waals surface area contributed by atoms with Crippen LogP contribution < -0.4 is 5.32 Å².